The Morgan fingerprint density at radius 3 is 1.48 bits per heavy atom. The molecule has 0 amide bonds. The molecular formula is C61H86S5. The Morgan fingerprint density at radius 2 is 0.833 bits per heavy atom. The van der Waals surface area contributed by atoms with Crippen LogP contribution < -0.4 is 0 Å². The zero-order valence-corrected chi connectivity index (χ0v) is 44.7. The summed E-state index contributed by atoms with van der Waals surface area (Å²) in [5.41, 5.74) is 0. The van der Waals surface area contributed by atoms with E-state index in [9.17, 15) is 0 Å². The van der Waals surface area contributed by atoms with Crippen LogP contribution in [-0.2, 0) is 0 Å². The molecule has 0 aromatic rings. The first-order valence-electron chi connectivity index (χ1n) is 29.7. The summed E-state index contributed by atoms with van der Waals surface area (Å²) in [4.78, 5) is 0. The lowest BCUT2D eigenvalue weighted by molar-refractivity contribution is 0.201. The Hall–Kier alpha value is 0.970. The summed E-state index contributed by atoms with van der Waals surface area (Å²) in [6.45, 7) is 2.55. The van der Waals surface area contributed by atoms with Gasteiger partial charge in [-0.2, -0.15) is 60.5 Å². The molecule has 5 heteroatoms. The highest BCUT2D eigenvalue weighted by Crippen LogP contribution is 2.68. The fourth-order valence-electron chi connectivity index (χ4n) is 24.2. The highest BCUT2D eigenvalue weighted by molar-refractivity contribution is 8.01. The van der Waals surface area contributed by atoms with Crippen molar-refractivity contribution in [2.24, 2.45) is 148 Å². The monoisotopic (exact) mass is 979 g/mol. The van der Waals surface area contributed by atoms with Crippen LogP contribution >= 0.6 is 60.5 Å². The molecule has 0 saturated heterocycles. The third-order valence-electron chi connectivity index (χ3n) is 26.4. The topological polar surface area (TPSA) is 0 Å². The zero-order valence-electron chi connectivity index (χ0n) is 40.5. The standard InChI is InChI=1S/C21H30S.2C20H28S2/c1-11-5-12-6-17(11)19-10-14(9-18(12)19)22-21-8-13-7-20(21)16-4-2-3-15(13)16;21-20-5-12-4-19(20)18-9-14(8-17(12)18)22-13-6-15-10-1-2-11(3-10)16(15)7-13;21-18-4-3-14-12-6-17(20(14)18)19(7-12)22-13-8-15-10-1-2-11(5-10)16(15)9-13/h2,4,11-21H,3,5-10H2,1H3;2*1-2,10-21H,3-9H2. The lowest BCUT2D eigenvalue weighted by Crippen LogP contribution is -2.31. The number of thioether (sulfide) groups is 3. The van der Waals surface area contributed by atoms with Gasteiger partial charge in [-0.25, -0.2) is 0 Å². The van der Waals surface area contributed by atoms with Crippen molar-refractivity contribution < 1.29 is 0 Å². The van der Waals surface area contributed by atoms with E-state index < -0.39 is 0 Å². The summed E-state index contributed by atoms with van der Waals surface area (Å²) in [6.07, 6.45) is 47.6. The molecule has 0 spiro atoms. The lowest BCUT2D eigenvalue weighted by atomic mass is 9.77. The van der Waals surface area contributed by atoms with E-state index in [1.165, 1.54) is 44.9 Å². The maximum atomic E-state index is 4.96. The van der Waals surface area contributed by atoms with Crippen LogP contribution in [0.15, 0.2) is 36.5 Å². The minimum atomic E-state index is 0.742. The summed E-state index contributed by atoms with van der Waals surface area (Å²) in [6, 6.07) is 0. The molecule has 0 radical (unpaired) electrons. The van der Waals surface area contributed by atoms with Crippen molar-refractivity contribution in [3.05, 3.63) is 36.5 Å². The smallest absolute Gasteiger partial charge is 0.00866 e. The van der Waals surface area contributed by atoms with Crippen LogP contribution in [0, 0.1) is 148 Å². The Morgan fingerprint density at radius 1 is 0.348 bits per heavy atom. The van der Waals surface area contributed by atoms with E-state index in [2.05, 4.69) is 78.7 Å². The number of allylic oxidation sites excluding steroid dienone is 6. The van der Waals surface area contributed by atoms with Gasteiger partial charge in [0, 0.05) is 42.0 Å². The van der Waals surface area contributed by atoms with E-state index in [1.54, 1.807) is 89.9 Å². The first-order valence-corrected chi connectivity index (χ1v) is 33.5. The molecule has 360 valence electrons. The molecule has 18 aliphatic carbocycles. The molecule has 31 unspecified atom stereocenters. The highest BCUT2D eigenvalue weighted by Gasteiger charge is 2.61. The number of hydrogen-bond donors (Lipinski definition) is 2. The molecule has 0 aliphatic heterocycles. The third kappa shape index (κ3) is 6.78. The van der Waals surface area contributed by atoms with Gasteiger partial charge in [-0.15, -0.1) is 0 Å². The highest BCUT2D eigenvalue weighted by atomic mass is 32.2. The van der Waals surface area contributed by atoms with Gasteiger partial charge in [0.05, 0.1) is 0 Å². The van der Waals surface area contributed by atoms with Crippen LogP contribution in [0.1, 0.15) is 142 Å². The quantitative estimate of drug-likeness (QED) is 0.201. The molecule has 15 fully saturated rings. The second-order valence-corrected chi connectivity index (χ2v) is 34.5. The van der Waals surface area contributed by atoms with Gasteiger partial charge in [0.15, 0.2) is 0 Å². The maximum absolute atomic E-state index is 4.96. The second kappa shape index (κ2) is 16.5. The molecule has 18 aliphatic rings. The average molecular weight is 980 g/mol. The van der Waals surface area contributed by atoms with Crippen LogP contribution in [0.25, 0.3) is 0 Å². The predicted octanol–water partition coefficient (Wildman–Crippen LogP) is 15.5. The third-order valence-corrected chi connectivity index (χ3v) is 32.4. The van der Waals surface area contributed by atoms with Crippen molar-refractivity contribution in [2.45, 2.75) is 184 Å². The van der Waals surface area contributed by atoms with Crippen molar-refractivity contribution in [3.63, 3.8) is 0 Å². The molecule has 0 aromatic carbocycles. The molecule has 0 aromatic heterocycles. The van der Waals surface area contributed by atoms with Gasteiger partial charge in [0.25, 0.3) is 0 Å². The Labute approximate surface area is 425 Å². The summed E-state index contributed by atoms with van der Waals surface area (Å²) >= 11 is 17.2. The van der Waals surface area contributed by atoms with E-state index >= 15 is 0 Å². The van der Waals surface area contributed by atoms with Crippen LogP contribution in [0.3, 0.4) is 0 Å². The van der Waals surface area contributed by atoms with Gasteiger partial charge >= 0.3 is 0 Å². The van der Waals surface area contributed by atoms with Crippen molar-refractivity contribution in [1.82, 2.24) is 0 Å². The van der Waals surface area contributed by atoms with Crippen LogP contribution in [0.5, 0.6) is 0 Å². The van der Waals surface area contributed by atoms with E-state index in [4.69, 9.17) is 25.3 Å². The molecule has 0 heterocycles. The molecule has 31 atom stereocenters. The van der Waals surface area contributed by atoms with Gasteiger partial charge in [-0.1, -0.05) is 43.4 Å². The molecular weight excluding hydrogens is 893 g/mol. The van der Waals surface area contributed by atoms with Gasteiger partial charge < -0.3 is 0 Å². The molecule has 0 N–H and O–H groups in total. The molecule has 12 bridgehead atoms. The Bertz CT molecular complexity index is 1940. The number of hydrogen-bond acceptors (Lipinski definition) is 5. The molecule has 0 nitrogen and oxygen atoms in total. The van der Waals surface area contributed by atoms with Crippen molar-refractivity contribution in [3.8, 4) is 0 Å². The van der Waals surface area contributed by atoms with Crippen LogP contribution in [-0.4, -0.2) is 42.0 Å². The summed E-state index contributed by atoms with van der Waals surface area (Å²) in [5, 5.41) is 7.60. The van der Waals surface area contributed by atoms with Crippen molar-refractivity contribution >= 4 is 60.5 Å². The maximum Gasteiger partial charge on any atom is 0.00866 e. The van der Waals surface area contributed by atoms with Gasteiger partial charge in [-0.05, 0) is 283 Å². The van der Waals surface area contributed by atoms with E-state index in [0.717, 1.165) is 190 Å². The summed E-state index contributed by atoms with van der Waals surface area (Å²) in [5.74, 6) is 26.5. The minimum absolute atomic E-state index is 0.742. The second-order valence-electron chi connectivity index (χ2n) is 28.5. The van der Waals surface area contributed by atoms with Crippen LogP contribution in [0.4, 0.5) is 0 Å². The van der Waals surface area contributed by atoms with Gasteiger partial charge in [-0.3, -0.25) is 0 Å². The number of thiol groups is 2. The summed E-state index contributed by atoms with van der Waals surface area (Å²) < 4.78 is 0. The number of rotatable bonds is 6. The Balaban J connectivity index is 0.0000000877. The van der Waals surface area contributed by atoms with E-state index in [-0.39, 0.29) is 0 Å². The van der Waals surface area contributed by atoms with Crippen LogP contribution in [0.2, 0.25) is 0 Å². The fourth-order valence-corrected chi connectivity index (χ4v) is 31.3. The van der Waals surface area contributed by atoms with Gasteiger partial charge in [0.1, 0.15) is 0 Å². The first-order chi connectivity index (χ1) is 32.3. The fraction of sp³-hybridized carbons (Fsp3) is 0.902. The van der Waals surface area contributed by atoms with Crippen molar-refractivity contribution in [2.75, 3.05) is 0 Å². The minimum Gasteiger partial charge on any atom is -0.176 e. The number of fused-ring (bicyclic) bond motifs is 30. The summed E-state index contributed by atoms with van der Waals surface area (Å²) in [7, 11) is 0. The van der Waals surface area contributed by atoms with E-state index in [1.807, 2.05) is 0 Å². The van der Waals surface area contributed by atoms with E-state index in [0.29, 0.717) is 0 Å². The first kappa shape index (κ1) is 43.4. The predicted molar refractivity (Wildman–Crippen MR) is 288 cm³/mol. The molecule has 66 heavy (non-hydrogen) atoms. The lowest BCUT2D eigenvalue weighted by Gasteiger charge is -2.34. The largest absolute Gasteiger partial charge is 0.176 e. The van der Waals surface area contributed by atoms with Gasteiger partial charge in [0.2, 0.25) is 0 Å². The molecule has 15 saturated carbocycles. The zero-order chi connectivity index (χ0) is 43.3. The van der Waals surface area contributed by atoms with Crippen molar-refractivity contribution in [1.29, 1.82) is 0 Å². The normalized spacial score (nSPS) is 63.8. The average Bonchev–Trinajstić information content (AvgIpc) is 4.10. The molecule has 18 rings (SSSR count). The Kier molecular flexibility index (Phi) is 10.8. The SMILES string of the molecule is CC1CC2CC1C1CC(SC3CC4CC3C3C=CCC43)CC21.SC1CC2CC1C1CC(SC3CC4C5C=CC(C5)C4C3)CC21.SC1CCC2C3CC(SC4CC5C6C=CC(C6)C5C4)C(C3)C12.